The van der Waals surface area contributed by atoms with E-state index in [1.54, 1.807) is 6.07 Å². The molecule has 2 N–H and O–H groups in total. The molecule has 2 aromatic carbocycles. The van der Waals surface area contributed by atoms with Crippen LogP contribution in [0.2, 0.25) is 0 Å². The van der Waals surface area contributed by atoms with Crippen molar-refractivity contribution in [3.63, 3.8) is 0 Å². The summed E-state index contributed by atoms with van der Waals surface area (Å²) in [7, 11) is -3.89. The third kappa shape index (κ3) is 6.03. The number of nitrogens with one attached hydrogen (secondary N) is 2. The fourth-order valence-corrected chi connectivity index (χ4v) is 3.65. The highest BCUT2D eigenvalue weighted by Gasteiger charge is 2.21. The van der Waals surface area contributed by atoms with Gasteiger partial charge in [-0.3, -0.25) is 9.52 Å². The number of halogens is 1. The summed E-state index contributed by atoms with van der Waals surface area (Å²) in [5, 5.41) is 2.76. The summed E-state index contributed by atoms with van der Waals surface area (Å²) < 4.78 is 45.8. The van der Waals surface area contributed by atoms with Crippen LogP contribution in [-0.2, 0) is 14.8 Å². The van der Waals surface area contributed by atoms with E-state index in [2.05, 4.69) is 10.0 Å². The zero-order valence-corrected chi connectivity index (χ0v) is 16.2. The Hall–Kier alpha value is -2.45. The number of anilines is 1. The molecule has 1 saturated carbocycles. The van der Waals surface area contributed by atoms with Crippen LogP contribution in [0.25, 0.3) is 0 Å². The van der Waals surface area contributed by atoms with Crippen LogP contribution in [0.5, 0.6) is 0 Å². The number of benzene rings is 2. The molecule has 0 bridgehead atoms. The van der Waals surface area contributed by atoms with Crippen molar-refractivity contribution in [2.24, 2.45) is 5.92 Å². The van der Waals surface area contributed by atoms with E-state index in [1.807, 2.05) is 0 Å². The van der Waals surface area contributed by atoms with Crippen molar-refractivity contribution in [2.75, 3.05) is 24.5 Å². The van der Waals surface area contributed by atoms with Gasteiger partial charge in [0.1, 0.15) is 5.82 Å². The molecule has 150 valence electrons. The predicted octanol–water partition coefficient (Wildman–Crippen LogP) is 3.17. The topological polar surface area (TPSA) is 84.5 Å². The highest BCUT2D eigenvalue weighted by atomic mass is 32.2. The monoisotopic (exact) mass is 406 g/mol. The maximum absolute atomic E-state index is 13.0. The van der Waals surface area contributed by atoms with Crippen LogP contribution < -0.4 is 10.0 Å². The lowest BCUT2D eigenvalue weighted by molar-refractivity contribution is 0.0937. The highest BCUT2D eigenvalue weighted by Crippen LogP contribution is 2.28. The van der Waals surface area contributed by atoms with Gasteiger partial charge in [0.05, 0.1) is 4.90 Å². The van der Waals surface area contributed by atoms with Gasteiger partial charge in [0, 0.05) is 31.0 Å². The van der Waals surface area contributed by atoms with Gasteiger partial charge in [-0.05, 0) is 67.6 Å². The summed E-state index contributed by atoms with van der Waals surface area (Å²) in [6, 6.07) is 10.7. The lowest BCUT2D eigenvalue weighted by atomic mass is 10.2. The maximum atomic E-state index is 13.0. The number of rotatable bonds is 10. The van der Waals surface area contributed by atoms with E-state index in [0.717, 1.165) is 18.7 Å². The Kier molecular flexibility index (Phi) is 6.64. The molecule has 0 spiro atoms. The molecule has 0 unspecified atom stereocenters. The molecule has 0 heterocycles. The van der Waals surface area contributed by atoms with Gasteiger partial charge in [0.25, 0.3) is 15.9 Å². The molecule has 0 aliphatic heterocycles. The standard InChI is InChI=1S/C20H23FN2O4S/c21-17-7-9-18(10-8-17)23-28(25,26)19-4-1-3-16(13-19)20(24)22-11-2-12-27-14-15-5-6-15/h1,3-4,7-10,13,15,23H,2,5-6,11-12,14H2,(H,22,24). The normalized spacial score (nSPS) is 13.9. The highest BCUT2D eigenvalue weighted by molar-refractivity contribution is 7.92. The van der Waals surface area contributed by atoms with Crippen molar-refractivity contribution >= 4 is 21.6 Å². The van der Waals surface area contributed by atoms with Gasteiger partial charge in [0.2, 0.25) is 0 Å². The van der Waals surface area contributed by atoms with Crippen LogP contribution in [0.3, 0.4) is 0 Å². The van der Waals surface area contributed by atoms with E-state index in [4.69, 9.17) is 4.74 Å². The lowest BCUT2D eigenvalue weighted by Crippen LogP contribution is -2.25. The lowest BCUT2D eigenvalue weighted by Gasteiger charge is -2.10. The summed E-state index contributed by atoms with van der Waals surface area (Å²) in [4.78, 5) is 12.2. The molecular weight excluding hydrogens is 383 g/mol. The SMILES string of the molecule is O=C(NCCCOCC1CC1)c1cccc(S(=O)(=O)Nc2ccc(F)cc2)c1. The molecule has 1 fully saturated rings. The Morgan fingerprint density at radius 2 is 1.89 bits per heavy atom. The molecule has 1 aliphatic rings. The zero-order chi connectivity index (χ0) is 20.0. The minimum absolute atomic E-state index is 0.0442. The Morgan fingerprint density at radius 1 is 1.14 bits per heavy atom. The first-order valence-corrected chi connectivity index (χ1v) is 10.7. The smallest absolute Gasteiger partial charge is 0.261 e. The third-order valence-corrected chi connectivity index (χ3v) is 5.68. The van der Waals surface area contributed by atoms with E-state index < -0.39 is 15.8 Å². The predicted molar refractivity (Wildman–Crippen MR) is 104 cm³/mol. The third-order valence-electron chi connectivity index (χ3n) is 4.30. The Labute approximate surface area is 164 Å². The molecule has 2 aromatic rings. The molecule has 28 heavy (non-hydrogen) atoms. The minimum Gasteiger partial charge on any atom is -0.381 e. The van der Waals surface area contributed by atoms with Crippen molar-refractivity contribution in [3.8, 4) is 0 Å². The number of hydrogen-bond donors (Lipinski definition) is 2. The molecule has 0 saturated heterocycles. The maximum Gasteiger partial charge on any atom is 0.261 e. The van der Waals surface area contributed by atoms with Gasteiger partial charge in [-0.15, -0.1) is 0 Å². The van der Waals surface area contributed by atoms with E-state index >= 15 is 0 Å². The van der Waals surface area contributed by atoms with Gasteiger partial charge in [0.15, 0.2) is 0 Å². The number of carbonyl (C=O) groups excluding carboxylic acids is 1. The van der Waals surface area contributed by atoms with Crippen molar-refractivity contribution in [1.82, 2.24) is 5.32 Å². The van der Waals surface area contributed by atoms with Crippen molar-refractivity contribution < 1.29 is 22.3 Å². The van der Waals surface area contributed by atoms with E-state index in [-0.39, 0.29) is 22.1 Å². The first-order chi connectivity index (χ1) is 13.4. The second-order valence-electron chi connectivity index (χ2n) is 6.77. The molecule has 8 heteroatoms. The summed E-state index contributed by atoms with van der Waals surface area (Å²) in [5.41, 5.74) is 0.489. The number of carbonyl (C=O) groups is 1. The second-order valence-corrected chi connectivity index (χ2v) is 8.45. The van der Waals surface area contributed by atoms with Crippen LogP contribution in [0.15, 0.2) is 53.4 Å². The molecule has 1 aliphatic carbocycles. The summed E-state index contributed by atoms with van der Waals surface area (Å²) >= 11 is 0. The number of hydrogen-bond acceptors (Lipinski definition) is 4. The average molecular weight is 406 g/mol. The van der Waals surface area contributed by atoms with Crippen LogP contribution in [0.1, 0.15) is 29.6 Å². The summed E-state index contributed by atoms with van der Waals surface area (Å²) in [6.07, 6.45) is 3.18. The van der Waals surface area contributed by atoms with Gasteiger partial charge in [-0.25, -0.2) is 12.8 Å². The first-order valence-electron chi connectivity index (χ1n) is 9.18. The van der Waals surface area contributed by atoms with E-state index in [0.29, 0.717) is 25.5 Å². The largest absolute Gasteiger partial charge is 0.381 e. The summed E-state index contributed by atoms with van der Waals surface area (Å²) in [6.45, 7) is 1.83. The molecule has 6 nitrogen and oxygen atoms in total. The molecule has 0 aromatic heterocycles. The van der Waals surface area contributed by atoms with Crippen LogP contribution >= 0.6 is 0 Å². The van der Waals surface area contributed by atoms with Crippen LogP contribution in [-0.4, -0.2) is 34.1 Å². The average Bonchev–Trinajstić information content (AvgIpc) is 3.50. The van der Waals surface area contributed by atoms with Gasteiger partial charge in [-0.2, -0.15) is 0 Å². The Morgan fingerprint density at radius 3 is 2.61 bits per heavy atom. The van der Waals surface area contributed by atoms with Gasteiger partial charge >= 0.3 is 0 Å². The minimum atomic E-state index is -3.89. The Balaban J connectivity index is 1.54. The quantitative estimate of drug-likeness (QED) is 0.594. The van der Waals surface area contributed by atoms with Crippen LogP contribution in [0.4, 0.5) is 10.1 Å². The van der Waals surface area contributed by atoms with Crippen molar-refractivity contribution in [1.29, 1.82) is 0 Å². The van der Waals surface area contributed by atoms with Gasteiger partial charge in [-0.1, -0.05) is 6.07 Å². The second kappa shape index (κ2) is 9.16. The molecule has 0 radical (unpaired) electrons. The zero-order valence-electron chi connectivity index (χ0n) is 15.4. The molecular formula is C20H23FN2O4S. The molecule has 0 atom stereocenters. The summed E-state index contributed by atoms with van der Waals surface area (Å²) in [5.74, 6) is -0.0941. The fraction of sp³-hybridized carbons (Fsp3) is 0.350. The Bertz CT molecular complexity index is 912. The number of amides is 1. The fourth-order valence-electron chi connectivity index (χ4n) is 2.55. The molecule has 1 amide bonds. The number of sulfonamides is 1. The first kappa shape index (κ1) is 20.3. The van der Waals surface area contributed by atoms with Crippen molar-refractivity contribution in [2.45, 2.75) is 24.2 Å². The van der Waals surface area contributed by atoms with E-state index in [9.17, 15) is 17.6 Å². The van der Waals surface area contributed by atoms with E-state index in [1.165, 1.54) is 43.2 Å². The van der Waals surface area contributed by atoms with Crippen LogP contribution in [0, 0.1) is 11.7 Å². The molecule has 3 rings (SSSR count). The van der Waals surface area contributed by atoms with Crippen molar-refractivity contribution in [3.05, 3.63) is 59.9 Å². The van der Waals surface area contributed by atoms with Gasteiger partial charge < -0.3 is 10.1 Å². The number of ether oxygens (including phenoxy) is 1.